The molecule has 0 aromatic rings. The van der Waals surface area contributed by atoms with Crippen molar-refractivity contribution in [2.45, 2.75) is 64.2 Å². The van der Waals surface area contributed by atoms with Gasteiger partial charge in [0.25, 0.3) is 0 Å². The molecule has 0 aliphatic heterocycles. The van der Waals surface area contributed by atoms with Crippen LogP contribution in [-0.2, 0) is 11.4 Å². The summed E-state index contributed by atoms with van der Waals surface area (Å²) in [6.45, 7) is 7.66. The fourth-order valence-electron chi connectivity index (χ4n) is 2.17. The summed E-state index contributed by atoms with van der Waals surface area (Å²) < 4.78 is 15.9. The molecule has 1 fully saturated rings. The van der Waals surface area contributed by atoms with Gasteiger partial charge >= 0.3 is 6.09 Å². The molecule has 0 saturated heterocycles. The molecule has 1 aliphatic carbocycles. The zero-order valence-corrected chi connectivity index (χ0v) is 12.9. The minimum Gasteiger partial charge on any atom is -0.591 e. The lowest BCUT2D eigenvalue weighted by Gasteiger charge is -2.28. The summed E-state index contributed by atoms with van der Waals surface area (Å²) in [7, 11) is 0. The molecule has 0 heterocycles. The molecule has 1 rings (SSSR count). The first-order chi connectivity index (χ1) is 8.70. The molecule has 0 radical (unpaired) electrons. The van der Waals surface area contributed by atoms with Crippen molar-refractivity contribution in [3.63, 3.8) is 0 Å². The fraction of sp³-hybridized carbons (Fsp3) is 0.846. The second-order valence-electron chi connectivity index (χ2n) is 6.09. The van der Waals surface area contributed by atoms with Crippen molar-refractivity contribution in [2.24, 2.45) is 10.3 Å². The summed E-state index contributed by atoms with van der Waals surface area (Å²) in [6, 6.07) is 0.0506. The first-order valence-corrected chi connectivity index (χ1v) is 7.77. The molecule has 110 valence electrons. The molecule has 1 atom stereocenters. The van der Waals surface area contributed by atoms with E-state index in [9.17, 15) is 9.35 Å². The van der Waals surface area contributed by atoms with E-state index in [0.717, 1.165) is 31.4 Å². The Balaban J connectivity index is 2.51. The van der Waals surface area contributed by atoms with Crippen molar-refractivity contribution in [2.75, 3.05) is 0 Å². The summed E-state index contributed by atoms with van der Waals surface area (Å²) in [4.78, 5) is 10.6. The van der Waals surface area contributed by atoms with Gasteiger partial charge in [-0.05, 0) is 53.4 Å². The largest absolute Gasteiger partial charge is 0.591 e. The second-order valence-corrected chi connectivity index (χ2v) is 8.00. The van der Waals surface area contributed by atoms with Gasteiger partial charge < -0.3 is 15.0 Å². The van der Waals surface area contributed by atoms with Crippen molar-refractivity contribution in [1.29, 1.82) is 0 Å². The topological polar surface area (TPSA) is 84.8 Å². The van der Waals surface area contributed by atoms with E-state index in [-0.39, 0.29) is 10.8 Å². The van der Waals surface area contributed by atoms with Gasteiger partial charge in [0.15, 0.2) is 0 Å². The first-order valence-electron chi connectivity index (χ1n) is 6.67. The Morgan fingerprint density at radius 3 is 2.26 bits per heavy atom. The minimum absolute atomic E-state index is 0.0506. The van der Waals surface area contributed by atoms with Crippen molar-refractivity contribution in [1.82, 2.24) is 5.32 Å². The Hall–Kier alpha value is -0.750. The lowest BCUT2D eigenvalue weighted by atomic mass is 9.84. The van der Waals surface area contributed by atoms with E-state index < -0.39 is 17.5 Å². The SMILES string of the molecule is CC(=N[S+]([O-])C(C)(C)C)C1CCC(NC(=O)O)CC1. The third-order valence-corrected chi connectivity index (χ3v) is 4.90. The van der Waals surface area contributed by atoms with Gasteiger partial charge in [0.2, 0.25) is 0 Å². The molecule has 2 N–H and O–H groups in total. The molecule has 0 bridgehead atoms. The van der Waals surface area contributed by atoms with Crippen LogP contribution in [0.25, 0.3) is 0 Å². The van der Waals surface area contributed by atoms with Crippen molar-refractivity contribution < 1.29 is 14.5 Å². The van der Waals surface area contributed by atoms with Crippen LogP contribution in [0, 0.1) is 5.92 Å². The number of amides is 1. The van der Waals surface area contributed by atoms with Crippen LogP contribution in [0.4, 0.5) is 4.79 Å². The lowest BCUT2D eigenvalue weighted by molar-refractivity contribution is 0.184. The van der Waals surface area contributed by atoms with E-state index in [0.29, 0.717) is 5.92 Å². The molecule has 0 spiro atoms. The van der Waals surface area contributed by atoms with Gasteiger partial charge in [-0.25, -0.2) is 4.79 Å². The minimum atomic E-state index is -1.21. The highest BCUT2D eigenvalue weighted by molar-refractivity contribution is 7.91. The molecule has 1 unspecified atom stereocenters. The third kappa shape index (κ3) is 5.40. The summed E-state index contributed by atoms with van der Waals surface area (Å²) in [5, 5.41) is 11.2. The molecule has 1 saturated carbocycles. The van der Waals surface area contributed by atoms with Crippen molar-refractivity contribution in [3.8, 4) is 0 Å². The molecule has 0 aromatic carbocycles. The highest BCUT2D eigenvalue weighted by atomic mass is 32.2. The Morgan fingerprint density at radius 1 is 1.32 bits per heavy atom. The number of nitrogens with zero attached hydrogens (tertiary/aromatic N) is 1. The summed E-state index contributed by atoms with van der Waals surface area (Å²) in [6.07, 6.45) is 2.50. The van der Waals surface area contributed by atoms with Crippen LogP contribution in [-0.4, -0.2) is 32.3 Å². The predicted molar refractivity (Wildman–Crippen MR) is 77.9 cm³/mol. The van der Waals surface area contributed by atoms with Gasteiger partial charge in [-0.15, -0.1) is 0 Å². The third-order valence-electron chi connectivity index (χ3n) is 3.40. The number of hydrogen-bond donors (Lipinski definition) is 2. The number of rotatable bonds is 3. The summed E-state index contributed by atoms with van der Waals surface area (Å²) >= 11 is -1.21. The molecular weight excluding hydrogens is 264 g/mol. The van der Waals surface area contributed by atoms with E-state index in [4.69, 9.17) is 5.11 Å². The van der Waals surface area contributed by atoms with Gasteiger partial charge in [0.05, 0.1) is 5.71 Å². The van der Waals surface area contributed by atoms with Crippen LogP contribution >= 0.6 is 0 Å². The Kier molecular flexibility index (Phi) is 5.67. The van der Waals surface area contributed by atoms with Gasteiger partial charge in [0, 0.05) is 12.0 Å². The van der Waals surface area contributed by atoms with Crippen molar-refractivity contribution >= 4 is 23.2 Å². The van der Waals surface area contributed by atoms with E-state index in [1.807, 2.05) is 27.7 Å². The molecule has 1 aliphatic rings. The molecule has 6 heteroatoms. The predicted octanol–water partition coefficient (Wildman–Crippen LogP) is 2.74. The molecule has 1 amide bonds. The van der Waals surface area contributed by atoms with Crippen molar-refractivity contribution in [3.05, 3.63) is 0 Å². The van der Waals surface area contributed by atoms with Crippen LogP contribution < -0.4 is 5.32 Å². The monoisotopic (exact) mass is 288 g/mol. The van der Waals surface area contributed by atoms with Crippen LogP contribution in [0.1, 0.15) is 53.4 Å². The smallest absolute Gasteiger partial charge is 0.404 e. The fourth-order valence-corrected chi connectivity index (χ4v) is 2.86. The zero-order chi connectivity index (χ0) is 14.6. The maximum Gasteiger partial charge on any atom is 0.404 e. The molecule has 19 heavy (non-hydrogen) atoms. The van der Waals surface area contributed by atoms with Gasteiger partial charge in [0.1, 0.15) is 16.1 Å². The summed E-state index contributed by atoms with van der Waals surface area (Å²) in [5.74, 6) is 0.332. The van der Waals surface area contributed by atoms with Gasteiger partial charge in [-0.3, -0.25) is 0 Å². The van der Waals surface area contributed by atoms with E-state index in [1.165, 1.54) is 0 Å². The second kappa shape index (κ2) is 6.61. The Labute approximate surface area is 118 Å². The average molecular weight is 288 g/mol. The van der Waals surface area contributed by atoms with E-state index in [2.05, 4.69) is 9.71 Å². The van der Waals surface area contributed by atoms with Crippen LogP contribution in [0.15, 0.2) is 4.40 Å². The van der Waals surface area contributed by atoms with Crippen LogP contribution in [0.2, 0.25) is 0 Å². The number of carboxylic acid groups (broad SMARTS) is 1. The standard InChI is InChI=1S/C13H24N2O3S/c1-9(15-19(18)13(2,3)4)10-5-7-11(8-6-10)14-12(16)17/h10-11,14H,5-8H2,1-4H3,(H,16,17). The van der Waals surface area contributed by atoms with Crippen LogP contribution in [0.3, 0.4) is 0 Å². The summed E-state index contributed by atoms with van der Waals surface area (Å²) in [5.41, 5.74) is 0.932. The Morgan fingerprint density at radius 2 is 1.84 bits per heavy atom. The lowest BCUT2D eigenvalue weighted by Crippen LogP contribution is -2.37. The quantitative estimate of drug-likeness (QED) is 0.618. The van der Waals surface area contributed by atoms with Crippen LogP contribution in [0.5, 0.6) is 0 Å². The highest BCUT2D eigenvalue weighted by Crippen LogP contribution is 2.27. The number of hydrogen-bond acceptors (Lipinski definition) is 3. The highest BCUT2D eigenvalue weighted by Gasteiger charge is 2.29. The van der Waals surface area contributed by atoms with E-state index >= 15 is 0 Å². The van der Waals surface area contributed by atoms with E-state index in [1.54, 1.807) is 0 Å². The number of nitrogens with one attached hydrogen (secondary N) is 1. The Bertz CT molecular complexity index is 344. The molecule has 0 aromatic heterocycles. The van der Waals surface area contributed by atoms with Gasteiger partial charge in [-0.1, -0.05) is 4.40 Å². The maximum atomic E-state index is 12.0. The first kappa shape index (κ1) is 16.3. The normalized spacial score (nSPS) is 26.9. The number of carbonyl (C=O) groups is 1. The maximum absolute atomic E-state index is 12.0. The average Bonchev–Trinajstić information content (AvgIpc) is 2.27. The van der Waals surface area contributed by atoms with Gasteiger partial charge in [-0.2, -0.15) is 0 Å². The molecular formula is C13H24N2O3S. The zero-order valence-electron chi connectivity index (χ0n) is 12.1. The molecule has 5 nitrogen and oxygen atoms in total.